The highest BCUT2D eigenvalue weighted by molar-refractivity contribution is 4.91. The van der Waals surface area contributed by atoms with Crippen molar-refractivity contribution in [1.82, 2.24) is 4.90 Å². The topological polar surface area (TPSA) is 3.24 Å². The van der Waals surface area contributed by atoms with Gasteiger partial charge in [0.2, 0.25) is 0 Å². The molecule has 21 heavy (non-hydrogen) atoms. The average molecular weight is 296 g/mol. The Bertz CT molecular complexity index is 224. The Balaban J connectivity index is 2.19. The van der Waals surface area contributed by atoms with Gasteiger partial charge in [0.15, 0.2) is 0 Å². The highest BCUT2D eigenvalue weighted by Gasteiger charge is 2.37. The summed E-state index contributed by atoms with van der Waals surface area (Å²) < 4.78 is 0. The van der Waals surface area contributed by atoms with Crippen LogP contribution in [0, 0.1) is 5.41 Å². The van der Waals surface area contributed by atoms with Crippen molar-refractivity contribution in [2.75, 3.05) is 13.1 Å². The number of rotatable bonds is 13. The van der Waals surface area contributed by atoms with Gasteiger partial charge in [-0.05, 0) is 18.3 Å². The SMILES string of the molecule is CCCCCCCC(CCCCCCC)N1CC(C)(C)C1. The van der Waals surface area contributed by atoms with E-state index in [-0.39, 0.29) is 0 Å². The fourth-order valence-corrected chi connectivity index (χ4v) is 3.79. The van der Waals surface area contributed by atoms with Crippen molar-refractivity contribution >= 4 is 0 Å². The molecular formula is C20H41N. The molecule has 0 spiro atoms. The van der Waals surface area contributed by atoms with E-state index >= 15 is 0 Å². The second-order valence-corrected chi connectivity index (χ2v) is 8.13. The van der Waals surface area contributed by atoms with E-state index in [0.29, 0.717) is 5.41 Å². The molecule has 0 aromatic carbocycles. The molecular weight excluding hydrogens is 254 g/mol. The molecule has 1 fully saturated rings. The van der Waals surface area contributed by atoms with Crippen LogP contribution in [-0.4, -0.2) is 24.0 Å². The molecule has 1 rings (SSSR count). The molecule has 1 heterocycles. The van der Waals surface area contributed by atoms with E-state index < -0.39 is 0 Å². The number of nitrogens with zero attached hydrogens (tertiary/aromatic N) is 1. The second kappa shape index (κ2) is 10.6. The highest BCUT2D eigenvalue weighted by Crippen LogP contribution is 2.33. The molecule has 126 valence electrons. The van der Waals surface area contributed by atoms with Crippen LogP contribution in [0.5, 0.6) is 0 Å². The van der Waals surface area contributed by atoms with Gasteiger partial charge in [0, 0.05) is 19.1 Å². The molecule has 0 N–H and O–H groups in total. The normalized spacial score (nSPS) is 18.1. The Morgan fingerprint density at radius 1 is 0.714 bits per heavy atom. The van der Waals surface area contributed by atoms with Crippen LogP contribution in [0.4, 0.5) is 0 Å². The van der Waals surface area contributed by atoms with Gasteiger partial charge in [0.25, 0.3) is 0 Å². The molecule has 0 aromatic heterocycles. The van der Waals surface area contributed by atoms with Gasteiger partial charge in [0.1, 0.15) is 0 Å². The van der Waals surface area contributed by atoms with E-state index in [4.69, 9.17) is 0 Å². The van der Waals surface area contributed by atoms with Gasteiger partial charge >= 0.3 is 0 Å². The smallest absolute Gasteiger partial charge is 0.00957 e. The Kier molecular flexibility index (Phi) is 9.64. The first kappa shape index (κ1) is 19.0. The molecule has 0 amide bonds. The highest BCUT2D eigenvalue weighted by atomic mass is 15.2. The summed E-state index contributed by atoms with van der Waals surface area (Å²) in [5.41, 5.74) is 0.586. The monoisotopic (exact) mass is 295 g/mol. The summed E-state index contributed by atoms with van der Waals surface area (Å²) in [6.45, 7) is 12.1. The lowest BCUT2D eigenvalue weighted by Gasteiger charge is -2.50. The Morgan fingerprint density at radius 2 is 1.14 bits per heavy atom. The molecule has 0 atom stereocenters. The number of likely N-dealkylation sites (tertiary alicyclic amines) is 1. The number of hydrogen-bond donors (Lipinski definition) is 0. The first-order valence-electron chi connectivity index (χ1n) is 9.83. The summed E-state index contributed by atoms with van der Waals surface area (Å²) in [5, 5.41) is 0. The molecule has 0 radical (unpaired) electrons. The lowest BCUT2D eigenvalue weighted by molar-refractivity contribution is -0.0130. The van der Waals surface area contributed by atoms with E-state index in [2.05, 4.69) is 32.6 Å². The Labute approximate surface area is 134 Å². The van der Waals surface area contributed by atoms with E-state index in [1.807, 2.05) is 0 Å². The van der Waals surface area contributed by atoms with E-state index in [1.54, 1.807) is 0 Å². The Morgan fingerprint density at radius 3 is 1.52 bits per heavy atom. The van der Waals surface area contributed by atoms with Crippen LogP contribution >= 0.6 is 0 Å². The van der Waals surface area contributed by atoms with Crippen molar-refractivity contribution < 1.29 is 0 Å². The molecule has 0 unspecified atom stereocenters. The first-order chi connectivity index (χ1) is 10.1. The minimum atomic E-state index is 0.586. The van der Waals surface area contributed by atoms with Gasteiger partial charge in [-0.25, -0.2) is 0 Å². The summed E-state index contributed by atoms with van der Waals surface area (Å²) >= 11 is 0. The number of unbranched alkanes of at least 4 members (excludes halogenated alkanes) is 8. The van der Waals surface area contributed by atoms with Gasteiger partial charge in [-0.15, -0.1) is 0 Å². The molecule has 1 aliphatic rings. The predicted octanol–water partition coefficient (Wildman–Crippen LogP) is 6.42. The maximum absolute atomic E-state index is 2.78. The molecule has 0 saturated carbocycles. The quantitative estimate of drug-likeness (QED) is 0.354. The summed E-state index contributed by atoms with van der Waals surface area (Å²) in [7, 11) is 0. The molecule has 0 aliphatic carbocycles. The van der Waals surface area contributed by atoms with Gasteiger partial charge in [-0.2, -0.15) is 0 Å². The lowest BCUT2D eigenvalue weighted by atomic mass is 9.81. The van der Waals surface area contributed by atoms with E-state index in [1.165, 1.54) is 90.1 Å². The van der Waals surface area contributed by atoms with Crippen LogP contribution < -0.4 is 0 Å². The maximum Gasteiger partial charge on any atom is 0.00957 e. The zero-order valence-corrected chi connectivity index (χ0v) is 15.4. The van der Waals surface area contributed by atoms with E-state index in [9.17, 15) is 0 Å². The molecule has 1 saturated heterocycles. The summed E-state index contributed by atoms with van der Waals surface area (Å²) in [6.07, 6.45) is 17.2. The molecule has 0 aromatic rings. The van der Waals surface area contributed by atoms with Crippen LogP contribution in [0.1, 0.15) is 105 Å². The van der Waals surface area contributed by atoms with Crippen molar-refractivity contribution in [2.45, 2.75) is 111 Å². The molecule has 0 bridgehead atoms. The Hall–Kier alpha value is -0.0400. The van der Waals surface area contributed by atoms with Crippen LogP contribution in [-0.2, 0) is 0 Å². The standard InChI is InChI=1S/C20H41N/c1-5-7-9-11-13-15-19(16-14-12-10-8-6-2)21-17-20(3,4)18-21/h19H,5-18H2,1-4H3. The first-order valence-corrected chi connectivity index (χ1v) is 9.83. The second-order valence-electron chi connectivity index (χ2n) is 8.13. The summed E-state index contributed by atoms with van der Waals surface area (Å²) in [5.74, 6) is 0. The minimum Gasteiger partial charge on any atom is -0.299 e. The molecule has 1 nitrogen and oxygen atoms in total. The minimum absolute atomic E-state index is 0.586. The maximum atomic E-state index is 2.78. The van der Waals surface area contributed by atoms with Crippen molar-refractivity contribution in [3.05, 3.63) is 0 Å². The van der Waals surface area contributed by atoms with Crippen LogP contribution in [0.15, 0.2) is 0 Å². The third-order valence-electron chi connectivity index (χ3n) is 5.06. The largest absolute Gasteiger partial charge is 0.299 e. The molecule has 1 aliphatic heterocycles. The summed E-state index contributed by atoms with van der Waals surface area (Å²) in [4.78, 5) is 2.78. The fourth-order valence-electron chi connectivity index (χ4n) is 3.79. The van der Waals surface area contributed by atoms with Gasteiger partial charge in [-0.1, -0.05) is 91.9 Å². The molecule has 1 heteroatoms. The summed E-state index contributed by atoms with van der Waals surface area (Å²) in [6, 6.07) is 0.890. The van der Waals surface area contributed by atoms with Crippen molar-refractivity contribution in [1.29, 1.82) is 0 Å². The van der Waals surface area contributed by atoms with Gasteiger partial charge < -0.3 is 0 Å². The van der Waals surface area contributed by atoms with Crippen molar-refractivity contribution in [3.8, 4) is 0 Å². The third-order valence-corrected chi connectivity index (χ3v) is 5.06. The van der Waals surface area contributed by atoms with Gasteiger partial charge in [-0.3, -0.25) is 4.90 Å². The third kappa shape index (κ3) is 8.24. The fraction of sp³-hybridized carbons (Fsp3) is 1.00. The van der Waals surface area contributed by atoms with Crippen molar-refractivity contribution in [2.24, 2.45) is 5.41 Å². The number of hydrogen-bond acceptors (Lipinski definition) is 1. The van der Waals surface area contributed by atoms with Crippen LogP contribution in [0.2, 0.25) is 0 Å². The van der Waals surface area contributed by atoms with Crippen molar-refractivity contribution in [3.63, 3.8) is 0 Å². The average Bonchev–Trinajstić information content (AvgIpc) is 2.42. The predicted molar refractivity (Wildman–Crippen MR) is 95.9 cm³/mol. The van der Waals surface area contributed by atoms with Crippen LogP contribution in [0.25, 0.3) is 0 Å². The zero-order chi connectivity index (χ0) is 15.6. The lowest BCUT2D eigenvalue weighted by Crippen LogP contribution is -2.57. The van der Waals surface area contributed by atoms with Crippen LogP contribution in [0.3, 0.4) is 0 Å². The van der Waals surface area contributed by atoms with E-state index in [0.717, 1.165) is 6.04 Å². The zero-order valence-electron chi connectivity index (χ0n) is 15.4. The van der Waals surface area contributed by atoms with Gasteiger partial charge in [0.05, 0.1) is 0 Å².